The number of hydrogen-bond donors (Lipinski definition) is 1. The van der Waals surface area contributed by atoms with Gasteiger partial charge in [-0.3, -0.25) is 9.69 Å². The Morgan fingerprint density at radius 2 is 1.79 bits per heavy atom. The Morgan fingerprint density at radius 3 is 2.48 bits per heavy atom. The molecule has 1 heterocycles. The van der Waals surface area contributed by atoms with Crippen molar-refractivity contribution in [1.82, 2.24) is 4.90 Å². The van der Waals surface area contributed by atoms with Crippen LogP contribution in [0, 0.1) is 0 Å². The fraction of sp³-hybridized carbons (Fsp3) is 0.0800. The molecule has 3 aromatic rings. The van der Waals surface area contributed by atoms with Gasteiger partial charge in [-0.2, -0.15) is 0 Å². The van der Waals surface area contributed by atoms with E-state index in [1.807, 2.05) is 48.5 Å². The van der Waals surface area contributed by atoms with E-state index in [0.29, 0.717) is 33.1 Å². The number of benzene rings is 3. The van der Waals surface area contributed by atoms with Crippen molar-refractivity contribution in [2.75, 3.05) is 7.05 Å². The van der Waals surface area contributed by atoms with Gasteiger partial charge in [0, 0.05) is 17.6 Å². The maximum absolute atomic E-state index is 12.8. The number of para-hydroxylation sites is 1. The summed E-state index contributed by atoms with van der Waals surface area (Å²) >= 11 is 7.19. The van der Waals surface area contributed by atoms with Crippen LogP contribution >= 0.6 is 23.4 Å². The van der Waals surface area contributed by atoms with Crippen molar-refractivity contribution in [3.05, 3.63) is 99.4 Å². The van der Waals surface area contributed by atoms with Crippen molar-refractivity contribution >= 4 is 52.2 Å². The van der Waals surface area contributed by atoms with E-state index in [1.54, 1.807) is 25.3 Å². The molecule has 0 radical (unpaired) electrons. The highest BCUT2D eigenvalue weighted by molar-refractivity contribution is 8.18. The molecule has 0 aliphatic carbocycles. The van der Waals surface area contributed by atoms with E-state index in [1.165, 1.54) is 28.8 Å². The Balaban J connectivity index is 1.53. The third-order valence-corrected chi connectivity index (χ3v) is 6.17. The fourth-order valence-corrected chi connectivity index (χ4v) is 4.16. The largest absolute Gasteiger partial charge is 0.488 e. The number of thioether (sulfide) groups is 1. The van der Waals surface area contributed by atoms with Gasteiger partial charge in [0.05, 0.1) is 16.2 Å². The molecule has 6 nitrogen and oxygen atoms in total. The van der Waals surface area contributed by atoms with Gasteiger partial charge in [-0.25, -0.2) is 9.79 Å². The van der Waals surface area contributed by atoms with Crippen LogP contribution in [0.5, 0.6) is 5.75 Å². The van der Waals surface area contributed by atoms with E-state index < -0.39 is 5.97 Å². The smallest absolute Gasteiger partial charge is 0.335 e. The van der Waals surface area contributed by atoms with Crippen LogP contribution in [0.25, 0.3) is 6.08 Å². The molecule has 8 heteroatoms. The van der Waals surface area contributed by atoms with Gasteiger partial charge < -0.3 is 9.84 Å². The van der Waals surface area contributed by atoms with Crippen LogP contribution in [0.1, 0.15) is 21.5 Å². The van der Waals surface area contributed by atoms with E-state index in [0.717, 1.165) is 11.1 Å². The molecular weight excluding hydrogens is 460 g/mol. The zero-order chi connectivity index (χ0) is 23.4. The third-order valence-electron chi connectivity index (χ3n) is 4.86. The second-order valence-electron chi connectivity index (χ2n) is 7.17. The Kier molecular flexibility index (Phi) is 6.82. The number of hydrogen-bond acceptors (Lipinski definition) is 5. The number of carbonyl (C=O) groups excluding carboxylic acids is 1. The van der Waals surface area contributed by atoms with Crippen molar-refractivity contribution in [3.63, 3.8) is 0 Å². The van der Waals surface area contributed by atoms with Crippen molar-refractivity contribution in [2.24, 2.45) is 4.99 Å². The van der Waals surface area contributed by atoms with Crippen molar-refractivity contribution < 1.29 is 19.4 Å². The van der Waals surface area contributed by atoms with E-state index in [2.05, 4.69) is 4.99 Å². The summed E-state index contributed by atoms with van der Waals surface area (Å²) in [7, 11) is 1.66. The minimum absolute atomic E-state index is 0.173. The number of aliphatic imine (C=N–C) groups is 1. The van der Waals surface area contributed by atoms with Crippen LogP contribution in [-0.2, 0) is 11.4 Å². The first kappa shape index (κ1) is 22.6. The number of aromatic carboxylic acids is 1. The van der Waals surface area contributed by atoms with Crippen LogP contribution in [0.3, 0.4) is 0 Å². The van der Waals surface area contributed by atoms with E-state index in [4.69, 9.17) is 21.4 Å². The predicted octanol–water partition coefficient (Wildman–Crippen LogP) is 5.85. The molecule has 0 atom stereocenters. The molecule has 0 spiro atoms. The summed E-state index contributed by atoms with van der Waals surface area (Å²) in [6.45, 7) is 0.372. The molecule has 1 aliphatic rings. The van der Waals surface area contributed by atoms with Gasteiger partial charge in [-0.15, -0.1) is 0 Å². The lowest BCUT2D eigenvalue weighted by molar-refractivity contribution is -0.121. The standard InChI is InChI=1S/C25H19ClN2O4S/c1-28-23(29)22(33-25(28)27-20-12-8-17(9-13-20)24(30)31)14-18-4-2-3-5-21(18)32-15-16-6-10-19(26)11-7-16/h2-14H,15H2,1H3,(H,30,31). The summed E-state index contributed by atoms with van der Waals surface area (Å²) in [4.78, 5) is 30.3. The highest BCUT2D eigenvalue weighted by Crippen LogP contribution is 2.35. The molecule has 1 N–H and O–H groups in total. The molecule has 4 rings (SSSR count). The average Bonchev–Trinajstić information content (AvgIpc) is 3.07. The Hall–Kier alpha value is -3.55. The summed E-state index contributed by atoms with van der Waals surface area (Å²) in [6, 6.07) is 21.1. The molecule has 0 bridgehead atoms. The maximum atomic E-state index is 12.8. The van der Waals surface area contributed by atoms with Crippen molar-refractivity contribution in [3.8, 4) is 5.75 Å². The summed E-state index contributed by atoms with van der Waals surface area (Å²) in [6.07, 6.45) is 1.79. The number of ether oxygens (including phenoxy) is 1. The summed E-state index contributed by atoms with van der Waals surface area (Å²) in [5.74, 6) is -0.516. The number of amidine groups is 1. The second-order valence-corrected chi connectivity index (χ2v) is 8.62. The van der Waals surface area contributed by atoms with Crippen LogP contribution in [0.4, 0.5) is 5.69 Å². The topological polar surface area (TPSA) is 79.2 Å². The molecule has 1 amide bonds. The lowest BCUT2D eigenvalue weighted by Crippen LogP contribution is -2.23. The maximum Gasteiger partial charge on any atom is 0.335 e. The zero-order valence-electron chi connectivity index (χ0n) is 17.6. The van der Waals surface area contributed by atoms with Crippen molar-refractivity contribution in [2.45, 2.75) is 6.61 Å². The van der Waals surface area contributed by atoms with E-state index in [9.17, 15) is 9.59 Å². The molecule has 3 aromatic carbocycles. The zero-order valence-corrected chi connectivity index (χ0v) is 19.1. The van der Waals surface area contributed by atoms with Crippen molar-refractivity contribution in [1.29, 1.82) is 0 Å². The van der Waals surface area contributed by atoms with Gasteiger partial charge >= 0.3 is 5.97 Å². The first-order valence-corrected chi connectivity index (χ1v) is 11.2. The monoisotopic (exact) mass is 478 g/mol. The number of carboxylic acid groups (broad SMARTS) is 1. The number of halogens is 1. The van der Waals surface area contributed by atoms with Gasteiger partial charge in [-0.1, -0.05) is 41.9 Å². The summed E-state index contributed by atoms with van der Waals surface area (Å²) in [5.41, 5.74) is 2.51. The minimum atomic E-state index is -1.00. The Morgan fingerprint density at radius 1 is 1.09 bits per heavy atom. The number of rotatable bonds is 6. The number of amides is 1. The molecule has 33 heavy (non-hydrogen) atoms. The number of likely N-dealkylation sites (N-methyl/N-ethyl adjacent to an activating group) is 1. The fourth-order valence-electron chi connectivity index (χ4n) is 3.05. The molecule has 0 unspecified atom stereocenters. The molecule has 0 aromatic heterocycles. The van der Waals surface area contributed by atoms with Crippen LogP contribution < -0.4 is 4.74 Å². The van der Waals surface area contributed by atoms with Gasteiger partial charge in [-0.05, 0) is 65.9 Å². The molecule has 1 fully saturated rings. The number of carbonyl (C=O) groups is 2. The van der Waals surface area contributed by atoms with Gasteiger partial charge in [0.1, 0.15) is 12.4 Å². The lowest BCUT2D eigenvalue weighted by atomic mass is 10.2. The summed E-state index contributed by atoms with van der Waals surface area (Å²) in [5, 5.41) is 10.2. The van der Waals surface area contributed by atoms with Crippen LogP contribution in [0.2, 0.25) is 5.02 Å². The first-order valence-electron chi connectivity index (χ1n) is 9.96. The molecular formula is C25H19ClN2O4S. The van der Waals surface area contributed by atoms with Gasteiger partial charge in [0.15, 0.2) is 5.17 Å². The normalized spacial score (nSPS) is 15.9. The Labute approximate surface area is 200 Å². The average molecular weight is 479 g/mol. The lowest BCUT2D eigenvalue weighted by Gasteiger charge is -2.10. The quantitative estimate of drug-likeness (QED) is 0.449. The van der Waals surface area contributed by atoms with E-state index >= 15 is 0 Å². The second kappa shape index (κ2) is 9.94. The number of carboxylic acids is 1. The highest BCUT2D eigenvalue weighted by Gasteiger charge is 2.30. The van der Waals surface area contributed by atoms with E-state index in [-0.39, 0.29) is 11.5 Å². The minimum Gasteiger partial charge on any atom is -0.488 e. The Bertz CT molecular complexity index is 1250. The third kappa shape index (κ3) is 5.45. The van der Waals surface area contributed by atoms with Crippen LogP contribution in [0.15, 0.2) is 82.7 Å². The SMILES string of the molecule is CN1C(=O)C(=Cc2ccccc2OCc2ccc(Cl)cc2)SC1=Nc1ccc(C(=O)O)cc1. The molecule has 166 valence electrons. The predicted molar refractivity (Wildman–Crippen MR) is 131 cm³/mol. The van der Waals surface area contributed by atoms with Gasteiger partial charge in [0.25, 0.3) is 5.91 Å². The molecule has 1 saturated heterocycles. The first-order chi connectivity index (χ1) is 15.9. The van der Waals surface area contributed by atoms with Crippen LogP contribution in [-0.4, -0.2) is 34.1 Å². The summed E-state index contributed by atoms with van der Waals surface area (Å²) < 4.78 is 5.99. The van der Waals surface area contributed by atoms with Gasteiger partial charge in [0.2, 0.25) is 0 Å². The molecule has 0 saturated carbocycles. The highest BCUT2D eigenvalue weighted by atomic mass is 35.5. The number of nitrogens with zero attached hydrogens (tertiary/aromatic N) is 2. The molecule has 1 aliphatic heterocycles.